The van der Waals surface area contributed by atoms with Crippen LogP contribution >= 0.6 is 23.4 Å². The number of carbonyl (C=O) groups is 2. The number of nitrogens with zero attached hydrogens (tertiary/aromatic N) is 2. The molecule has 0 radical (unpaired) electrons. The molecule has 2 heterocycles. The Morgan fingerprint density at radius 2 is 1.89 bits per heavy atom. The zero-order chi connectivity index (χ0) is 34.1. The lowest BCUT2D eigenvalue weighted by Crippen LogP contribution is -2.57. The summed E-state index contributed by atoms with van der Waals surface area (Å²) in [4.78, 5) is 41.1. The van der Waals surface area contributed by atoms with Gasteiger partial charge in [0.2, 0.25) is 11.8 Å². The fraction of sp³-hybridized carbons (Fsp3) is 0.323. The van der Waals surface area contributed by atoms with Crippen LogP contribution in [0.15, 0.2) is 70.8 Å². The molecule has 4 aromatic rings. The first kappa shape index (κ1) is 36.1. The topological polar surface area (TPSA) is 177 Å². The van der Waals surface area contributed by atoms with Gasteiger partial charge in [-0.1, -0.05) is 47.6 Å². The lowest BCUT2D eigenvalue weighted by molar-refractivity contribution is -0.142. The van der Waals surface area contributed by atoms with Gasteiger partial charge in [0.1, 0.15) is 23.8 Å². The van der Waals surface area contributed by atoms with Crippen LogP contribution in [-0.4, -0.2) is 58.6 Å². The Bertz CT molecular complexity index is 1690. The highest BCUT2D eigenvalue weighted by atomic mass is 35.5. The number of pyridine rings is 1. The van der Waals surface area contributed by atoms with Crippen LogP contribution in [0.3, 0.4) is 0 Å². The highest BCUT2D eigenvalue weighted by Crippen LogP contribution is 2.42. The molecule has 16 heteroatoms. The van der Waals surface area contributed by atoms with Crippen molar-refractivity contribution < 1.29 is 27.6 Å². The molecule has 2 amide bonds. The maximum Gasteiger partial charge on any atom is 0.416 e. The van der Waals surface area contributed by atoms with Gasteiger partial charge in [-0.05, 0) is 47.9 Å². The number of carbonyl (C=O) groups excluding carboxylic acids is 2. The molecule has 0 aliphatic heterocycles. The molecule has 2 aromatic carbocycles. The van der Waals surface area contributed by atoms with E-state index in [1.54, 1.807) is 25.3 Å². The van der Waals surface area contributed by atoms with E-state index in [0.29, 0.717) is 10.6 Å². The van der Waals surface area contributed by atoms with Crippen LogP contribution in [0.2, 0.25) is 5.02 Å². The number of hydrogen-bond acceptors (Lipinski definition) is 9. The number of alkyl halides is 3. The van der Waals surface area contributed by atoms with E-state index in [1.165, 1.54) is 11.1 Å². The number of benzene rings is 2. The minimum atomic E-state index is -4.76. The number of H-pyrrole nitrogens is 1. The van der Waals surface area contributed by atoms with Crippen molar-refractivity contribution in [2.45, 2.75) is 54.6 Å². The summed E-state index contributed by atoms with van der Waals surface area (Å²) in [6.07, 6.45) is -1.48. The Balaban J connectivity index is 1.73. The number of nitrogens with two attached hydrogens (primary N) is 3. The molecule has 47 heavy (non-hydrogen) atoms. The smallest absolute Gasteiger partial charge is 0.361 e. The number of halogens is 4. The van der Waals surface area contributed by atoms with Gasteiger partial charge >= 0.3 is 6.18 Å². The molecule has 0 unspecified atom stereocenters. The van der Waals surface area contributed by atoms with E-state index in [4.69, 9.17) is 29.0 Å². The van der Waals surface area contributed by atoms with E-state index in [1.807, 2.05) is 24.3 Å². The summed E-state index contributed by atoms with van der Waals surface area (Å²) in [6, 6.07) is 10.8. The van der Waals surface area contributed by atoms with Crippen molar-refractivity contribution in [1.82, 2.24) is 25.5 Å². The van der Waals surface area contributed by atoms with Gasteiger partial charge in [-0.2, -0.15) is 13.2 Å². The molecule has 2 atom stereocenters. The van der Waals surface area contributed by atoms with Gasteiger partial charge in [0.25, 0.3) is 0 Å². The highest BCUT2D eigenvalue weighted by Gasteiger charge is 2.37. The third-order valence-corrected chi connectivity index (χ3v) is 9.22. The van der Waals surface area contributed by atoms with E-state index in [0.717, 1.165) is 40.4 Å². The van der Waals surface area contributed by atoms with E-state index < -0.39 is 42.2 Å². The van der Waals surface area contributed by atoms with Crippen molar-refractivity contribution in [2.75, 3.05) is 19.8 Å². The van der Waals surface area contributed by atoms with Gasteiger partial charge in [-0.25, -0.2) is 10.9 Å². The average Bonchev–Trinajstić information content (AvgIpc) is 3.47. The molecule has 0 fully saturated rings. The molecule has 0 bridgehead atoms. The molecule has 9 N–H and O–H groups in total. The summed E-state index contributed by atoms with van der Waals surface area (Å²) in [5.74, 6) is 3.93. The van der Waals surface area contributed by atoms with Crippen molar-refractivity contribution in [3.05, 3.63) is 88.2 Å². The molecular formula is C31H36ClF3N8O3S. The number of aromatic amines is 1. The maximum absolute atomic E-state index is 14.4. The molecule has 0 aliphatic rings. The number of likely N-dealkylation sites (N-methyl/N-ethyl adjacent to an activating group) is 1. The van der Waals surface area contributed by atoms with Crippen LogP contribution in [0.4, 0.5) is 13.2 Å². The van der Waals surface area contributed by atoms with Crippen LogP contribution in [0.25, 0.3) is 10.9 Å². The molecule has 11 nitrogen and oxygen atoms in total. The molecule has 252 valence electrons. The molecule has 4 rings (SSSR count). The Kier molecular flexibility index (Phi) is 12.6. The van der Waals surface area contributed by atoms with Crippen molar-refractivity contribution in [2.24, 2.45) is 17.4 Å². The number of para-hydroxylation sites is 1. The van der Waals surface area contributed by atoms with E-state index >= 15 is 0 Å². The van der Waals surface area contributed by atoms with E-state index in [-0.39, 0.29) is 48.3 Å². The van der Waals surface area contributed by atoms with Crippen LogP contribution in [0.1, 0.15) is 29.2 Å². The summed E-state index contributed by atoms with van der Waals surface area (Å²) in [5.41, 5.74) is 12.6. The molecule has 0 saturated carbocycles. The second kappa shape index (κ2) is 16.4. The monoisotopic (exact) mass is 692 g/mol. The normalized spacial score (nSPS) is 13.0. The third-order valence-electron chi connectivity index (χ3n) is 7.56. The molecule has 0 aliphatic carbocycles. The van der Waals surface area contributed by atoms with Crippen molar-refractivity contribution >= 4 is 46.1 Å². The number of aromatic nitrogens is 2. The molecule has 0 saturated heterocycles. The van der Waals surface area contributed by atoms with Gasteiger partial charge in [-0.15, -0.1) is 0 Å². The summed E-state index contributed by atoms with van der Waals surface area (Å²) in [6.45, 7) is 1.03. The maximum atomic E-state index is 14.4. The third kappa shape index (κ3) is 8.61. The Morgan fingerprint density at radius 3 is 2.57 bits per heavy atom. The van der Waals surface area contributed by atoms with Gasteiger partial charge in [0.15, 0.2) is 0 Å². The summed E-state index contributed by atoms with van der Waals surface area (Å²) >= 11 is 7.41. The van der Waals surface area contributed by atoms with Gasteiger partial charge in [-0.3, -0.25) is 19.7 Å². The first-order valence-corrected chi connectivity index (χ1v) is 15.8. The zero-order valence-electron chi connectivity index (χ0n) is 25.4. The van der Waals surface area contributed by atoms with E-state index in [9.17, 15) is 22.8 Å². The quantitative estimate of drug-likeness (QED) is 0.0801. The Labute approximate surface area is 278 Å². The van der Waals surface area contributed by atoms with Gasteiger partial charge < -0.3 is 26.7 Å². The average molecular weight is 693 g/mol. The lowest BCUT2D eigenvalue weighted by atomic mass is 10.0. The predicted molar refractivity (Wildman–Crippen MR) is 174 cm³/mol. The molecule has 2 aromatic heterocycles. The first-order valence-electron chi connectivity index (χ1n) is 14.6. The summed E-state index contributed by atoms with van der Waals surface area (Å²) < 4.78 is 43.1. The van der Waals surface area contributed by atoms with Crippen molar-refractivity contribution in [1.29, 1.82) is 0 Å². The number of hydrogen-bond donors (Lipinski definition) is 6. The van der Waals surface area contributed by atoms with Crippen LogP contribution in [-0.2, 0) is 40.1 Å². The second-order valence-electron chi connectivity index (χ2n) is 10.4. The Morgan fingerprint density at radius 1 is 1.13 bits per heavy atom. The predicted octanol–water partition coefficient (Wildman–Crippen LogP) is 3.69. The molecular weight excluding hydrogens is 657 g/mol. The van der Waals surface area contributed by atoms with Crippen LogP contribution in [0, 0.1) is 0 Å². The SMILES string of the molecule is CCN(C(=O)[C@H](CN)NCON)[C@@H](Cc1c[nH]c2ccccc12)C(=O)NCc1c(C(F)(F)F)ccc(Cl)c1Sc1ncccc1CN. The summed E-state index contributed by atoms with van der Waals surface area (Å²) in [5, 5.41) is 6.71. The first-order chi connectivity index (χ1) is 22.5. The van der Waals surface area contributed by atoms with Crippen molar-refractivity contribution in [3.63, 3.8) is 0 Å². The van der Waals surface area contributed by atoms with E-state index in [2.05, 4.69) is 25.4 Å². The number of rotatable bonds is 15. The standard InChI is InChI=1S/C31H36ClF3N8O3S/c1-2-43(30(45)25(14-37)42-17-46-38)26(12-19-15-40-24-8-4-3-7-20(19)24)28(44)41-16-21-22(31(33,34)35)9-10-23(32)27(21)47-29-18(13-36)6-5-11-39-29/h3-11,15,25-26,40,42H,2,12-14,16-17,36-38H2,1H3,(H,41,44)/t25-,26-/m0/s1. The highest BCUT2D eigenvalue weighted by molar-refractivity contribution is 7.99. The Hall–Kier alpha value is -3.70. The zero-order valence-corrected chi connectivity index (χ0v) is 27.0. The molecule has 0 spiro atoms. The van der Waals surface area contributed by atoms with Crippen molar-refractivity contribution in [3.8, 4) is 0 Å². The van der Waals surface area contributed by atoms with Gasteiger partial charge in [0, 0.05) is 60.8 Å². The second-order valence-corrected chi connectivity index (χ2v) is 11.8. The van der Waals surface area contributed by atoms with Crippen LogP contribution < -0.4 is 28.0 Å². The largest absolute Gasteiger partial charge is 0.416 e. The fourth-order valence-electron chi connectivity index (χ4n) is 5.22. The van der Waals surface area contributed by atoms with Crippen LogP contribution in [0.5, 0.6) is 0 Å². The van der Waals surface area contributed by atoms with Gasteiger partial charge in [0.05, 0.1) is 10.6 Å². The summed E-state index contributed by atoms with van der Waals surface area (Å²) in [7, 11) is 0. The fourth-order valence-corrected chi connectivity index (χ4v) is 6.57. The lowest BCUT2D eigenvalue weighted by Gasteiger charge is -2.33. The minimum absolute atomic E-state index is 0.0422. The number of fused-ring (bicyclic) bond motifs is 1. The number of amides is 2. The number of nitrogens with one attached hydrogen (secondary N) is 3. The minimum Gasteiger partial charge on any atom is -0.361 e.